The Morgan fingerprint density at radius 1 is 1.09 bits per heavy atom. The van der Waals surface area contributed by atoms with E-state index in [1.807, 2.05) is 46.8 Å². The van der Waals surface area contributed by atoms with Gasteiger partial charge in [0.1, 0.15) is 17.9 Å². The topological polar surface area (TPSA) is 81.8 Å². The van der Waals surface area contributed by atoms with Gasteiger partial charge in [0.05, 0.1) is 17.6 Å². The van der Waals surface area contributed by atoms with Crippen LogP contribution in [0.4, 0.5) is 10.1 Å². The van der Waals surface area contributed by atoms with Crippen molar-refractivity contribution in [1.29, 1.82) is 0 Å². The highest BCUT2D eigenvalue weighted by Crippen LogP contribution is 2.24. The number of amides is 1. The predicted octanol–water partition coefficient (Wildman–Crippen LogP) is 4.41. The first kappa shape index (κ1) is 22.4. The standard InChI is InChI=1S/C25H26FN5O2/c1-14(2)22-20-12-27-31(19-8-6-18(26)7-9-19)24(20)25(33)30(29-22)13-21(32)28-23-16(4)10-15(3)11-17(23)5/h6-12,14H,13H2,1-5H3,(H,28,32). The maximum absolute atomic E-state index is 13.4. The quantitative estimate of drug-likeness (QED) is 0.491. The van der Waals surface area contributed by atoms with Gasteiger partial charge < -0.3 is 5.32 Å². The fourth-order valence-corrected chi connectivity index (χ4v) is 4.10. The molecule has 0 saturated heterocycles. The van der Waals surface area contributed by atoms with Crippen molar-refractivity contribution in [2.75, 3.05) is 5.32 Å². The smallest absolute Gasteiger partial charge is 0.293 e. The lowest BCUT2D eigenvalue weighted by molar-refractivity contribution is -0.117. The number of rotatable bonds is 5. The number of aryl methyl sites for hydroxylation is 3. The lowest BCUT2D eigenvalue weighted by atomic mass is 10.1. The number of hydrogen-bond acceptors (Lipinski definition) is 4. The minimum Gasteiger partial charge on any atom is -0.324 e. The van der Waals surface area contributed by atoms with Crippen molar-refractivity contribution < 1.29 is 9.18 Å². The van der Waals surface area contributed by atoms with Gasteiger partial charge in [-0.25, -0.2) is 13.8 Å². The summed E-state index contributed by atoms with van der Waals surface area (Å²) in [5.41, 5.74) is 4.82. The third-order valence-electron chi connectivity index (χ3n) is 5.56. The van der Waals surface area contributed by atoms with E-state index in [9.17, 15) is 14.0 Å². The average Bonchev–Trinajstić information content (AvgIpc) is 3.18. The lowest BCUT2D eigenvalue weighted by Crippen LogP contribution is -2.32. The minimum absolute atomic E-state index is 0.00475. The normalized spacial score (nSPS) is 11.4. The van der Waals surface area contributed by atoms with Crippen LogP contribution in [0.15, 0.2) is 47.4 Å². The average molecular weight is 448 g/mol. The molecule has 2 aromatic carbocycles. The van der Waals surface area contributed by atoms with Crippen molar-refractivity contribution in [3.8, 4) is 5.69 Å². The number of anilines is 1. The molecule has 0 aliphatic rings. The van der Waals surface area contributed by atoms with Crippen LogP contribution < -0.4 is 10.9 Å². The molecule has 0 aliphatic heterocycles. The van der Waals surface area contributed by atoms with Crippen LogP contribution in [0.5, 0.6) is 0 Å². The first-order chi connectivity index (χ1) is 15.7. The second kappa shape index (κ2) is 8.61. The van der Waals surface area contributed by atoms with Gasteiger partial charge in [-0.05, 0) is 62.1 Å². The van der Waals surface area contributed by atoms with Crippen molar-refractivity contribution >= 4 is 22.5 Å². The van der Waals surface area contributed by atoms with Crippen molar-refractivity contribution in [1.82, 2.24) is 19.6 Å². The number of nitrogens with zero attached hydrogens (tertiary/aromatic N) is 4. The number of fused-ring (bicyclic) bond motifs is 1. The molecule has 8 heteroatoms. The third kappa shape index (κ3) is 4.28. The number of nitrogens with one attached hydrogen (secondary N) is 1. The maximum Gasteiger partial charge on any atom is 0.293 e. The van der Waals surface area contributed by atoms with Gasteiger partial charge in [0.2, 0.25) is 5.91 Å². The number of carbonyl (C=O) groups excluding carboxylic acids is 1. The van der Waals surface area contributed by atoms with Gasteiger partial charge in [0.15, 0.2) is 0 Å². The number of benzene rings is 2. The summed E-state index contributed by atoms with van der Waals surface area (Å²) in [6.45, 7) is 9.56. The van der Waals surface area contributed by atoms with E-state index in [0.717, 1.165) is 22.4 Å². The van der Waals surface area contributed by atoms with E-state index < -0.39 is 5.56 Å². The second-order valence-corrected chi connectivity index (χ2v) is 8.62. The fourth-order valence-electron chi connectivity index (χ4n) is 4.10. The monoisotopic (exact) mass is 447 g/mol. The molecule has 0 aliphatic carbocycles. The van der Waals surface area contributed by atoms with Crippen LogP contribution in [-0.2, 0) is 11.3 Å². The van der Waals surface area contributed by atoms with Gasteiger partial charge in [0.25, 0.3) is 5.56 Å². The van der Waals surface area contributed by atoms with Gasteiger partial charge in [-0.15, -0.1) is 0 Å². The van der Waals surface area contributed by atoms with Crippen LogP contribution in [-0.4, -0.2) is 25.5 Å². The van der Waals surface area contributed by atoms with Crippen molar-refractivity contribution in [3.05, 3.63) is 81.2 Å². The maximum atomic E-state index is 13.4. The zero-order chi connectivity index (χ0) is 23.9. The molecule has 2 aromatic heterocycles. The highest BCUT2D eigenvalue weighted by atomic mass is 19.1. The van der Waals surface area contributed by atoms with Gasteiger partial charge in [-0.2, -0.15) is 10.2 Å². The fraction of sp³-hybridized carbons (Fsp3) is 0.280. The Morgan fingerprint density at radius 3 is 2.33 bits per heavy atom. The number of aromatic nitrogens is 4. The van der Waals surface area contributed by atoms with E-state index in [1.165, 1.54) is 21.5 Å². The summed E-state index contributed by atoms with van der Waals surface area (Å²) in [6, 6.07) is 9.72. The molecule has 0 saturated carbocycles. The van der Waals surface area contributed by atoms with E-state index in [2.05, 4.69) is 15.5 Å². The Labute approximate surface area is 190 Å². The van der Waals surface area contributed by atoms with Crippen LogP contribution in [0.3, 0.4) is 0 Å². The van der Waals surface area contributed by atoms with Gasteiger partial charge in [0, 0.05) is 11.1 Å². The SMILES string of the molecule is Cc1cc(C)c(NC(=O)Cn2nc(C(C)C)c3cnn(-c4ccc(F)cc4)c3c2=O)c(C)c1. The highest BCUT2D eigenvalue weighted by Gasteiger charge is 2.20. The molecule has 0 bridgehead atoms. The molecule has 4 rings (SSSR count). The summed E-state index contributed by atoms with van der Waals surface area (Å²) in [5.74, 6) is -0.730. The molecule has 0 spiro atoms. The second-order valence-electron chi connectivity index (χ2n) is 8.62. The zero-order valence-corrected chi connectivity index (χ0v) is 19.3. The largest absolute Gasteiger partial charge is 0.324 e. The van der Waals surface area contributed by atoms with Crippen LogP contribution >= 0.6 is 0 Å². The number of carbonyl (C=O) groups is 1. The Kier molecular flexibility index (Phi) is 5.84. The number of hydrogen-bond donors (Lipinski definition) is 1. The minimum atomic E-state index is -0.441. The Morgan fingerprint density at radius 2 is 1.73 bits per heavy atom. The molecule has 0 radical (unpaired) electrons. The van der Waals surface area contributed by atoms with Crippen molar-refractivity contribution in [2.24, 2.45) is 0 Å². The van der Waals surface area contributed by atoms with Crippen molar-refractivity contribution in [2.45, 2.75) is 47.1 Å². The summed E-state index contributed by atoms with van der Waals surface area (Å²) >= 11 is 0. The van der Waals surface area contributed by atoms with Crippen LogP contribution in [0.1, 0.15) is 42.1 Å². The van der Waals surface area contributed by atoms with E-state index in [-0.39, 0.29) is 24.2 Å². The zero-order valence-electron chi connectivity index (χ0n) is 19.3. The third-order valence-corrected chi connectivity index (χ3v) is 5.56. The van der Waals surface area contributed by atoms with Gasteiger partial charge in [-0.3, -0.25) is 9.59 Å². The van der Waals surface area contributed by atoms with E-state index in [0.29, 0.717) is 22.3 Å². The molecule has 2 heterocycles. The molecular formula is C25H26FN5O2. The van der Waals surface area contributed by atoms with Gasteiger partial charge in [-0.1, -0.05) is 31.5 Å². The first-order valence-corrected chi connectivity index (χ1v) is 10.8. The first-order valence-electron chi connectivity index (χ1n) is 10.8. The molecule has 1 amide bonds. The predicted molar refractivity (Wildman–Crippen MR) is 126 cm³/mol. The Bertz CT molecular complexity index is 1390. The molecule has 0 atom stereocenters. The summed E-state index contributed by atoms with van der Waals surface area (Å²) in [4.78, 5) is 26.3. The molecule has 0 unspecified atom stereocenters. The molecule has 170 valence electrons. The summed E-state index contributed by atoms with van der Waals surface area (Å²) in [6.07, 6.45) is 1.59. The summed E-state index contributed by atoms with van der Waals surface area (Å²) < 4.78 is 16.0. The summed E-state index contributed by atoms with van der Waals surface area (Å²) in [7, 11) is 0. The van der Waals surface area contributed by atoms with E-state index in [4.69, 9.17) is 0 Å². The van der Waals surface area contributed by atoms with E-state index >= 15 is 0 Å². The van der Waals surface area contributed by atoms with Crippen LogP contribution in [0.25, 0.3) is 16.6 Å². The van der Waals surface area contributed by atoms with Crippen molar-refractivity contribution in [3.63, 3.8) is 0 Å². The molecule has 33 heavy (non-hydrogen) atoms. The van der Waals surface area contributed by atoms with Crippen LogP contribution in [0, 0.1) is 26.6 Å². The molecular weight excluding hydrogens is 421 g/mol. The van der Waals surface area contributed by atoms with Gasteiger partial charge >= 0.3 is 0 Å². The highest BCUT2D eigenvalue weighted by molar-refractivity contribution is 5.92. The number of halogens is 1. The summed E-state index contributed by atoms with van der Waals surface area (Å²) in [5, 5.41) is 12.4. The van der Waals surface area contributed by atoms with E-state index in [1.54, 1.807) is 18.3 Å². The molecule has 4 aromatic rings. The lowest BCUT2D eigenvalue weighted by Gasteiger charge is -2.15. The van der Waals surface area contributed by atoms with Crippen LogP contribution in [0.2, 0.25) is 0 Å². The molecule has 7 nitrogen and oxygen atoms in total. The molecule has 1 N–H and O–H groups in total. The molecule has 0 fully saturated rings. The Hall–Kier alpha value is -3.81. The Balaban J connectivity index is 1.77.